The number of carbonyl (C=O) groups excluding carboxylic acids is 1. The van der Waals surface area contributed by atoms with Crippen molar-refractivity contribution in [1.82, 2.24) is 9.47 Å². The molecular weight excluding hydrogens is 366 g/mol. The Morgan fingerprint density at radius 3 is 2.59 bits per heavy atom. The average molecular weight is 391 g/mol. The third kappa shape index (κ3) is 3.66. The summed E-state index contributed by atoms with van der Waals surface area (Å²) < 4.78 is 13.1. The summed E-state index contributed by atoms with van der Waals surface area (Å²) in [5, 5.41) is 3.05. The number of fused-ring (bicyclic) bond motifs is 1. The first-order valence-corrected chi connectivity index (χ1v) is 9.62. The van der Waals surface area contributed by atoms with Gasteiger partial charge in [-0.05, 0) is 54.4 Å². The Hall–Kier alpha value is -3.41. The largest absolute Gasteiger partial charge is 0.493 e. The highest BCUT2D eigenvalue weighted by Crippen LogP contribution is 2.37. The van der Waals surface area contributed by atoms with Crippen LogP contribution in [0.1, 0.15) is 22.9 Å². The summed E-state index contributed by atoms with van der Waals surface area (Å²) in [5.74, 6) is 1.31. The van der Waals surface area contributed by atoms with Crippen LogP contribution in [0.2, 0.25) is 0 Å². The maximum absolute atomic E-state index is 13.2. The number of rotatable bonds is 4. The summed E-state index contributed by atoms with van der Waals surface area (Å²) >= 11 is 0. The zero-order valence-corrected chi connectivity index (χ0v) is 16.9. The van der Waals surface area contributed by atoms with Crippen LogP contribution in [0.4, 0.5) is 10.5 Å². The SMILES string of the molecule is COc1ccc([C@H]2c3cccn3CCN2C(=O)Nc2cccc(C)c2)cc1OC. The van der Waals surface area contributed by atoms with Crippen molar-refractivity contribution in [1.29, 1.82) is 0 Å². The maximum atomic E-state index is 13.2. The molecule has 4 rings (SSSR count). The molecule has 150 valence electrons. The van der Waals surface area contributed by atoms with Crippen molar-refractivity contribution >= 4 is 11.7 Å². The molecule has 29 heavy (non-hydrogen) atoms. The van der Waals surface area contributed by atoms with Crippen molar-refractivity contribution in [2.45, 2.75) is 19.5 Å². The molecule has 6 heteroatoms. The Kier molecular flexibility index (Phi) is 5.16. The summed E-state index contributed by atoms with van der Waals surface area (Å²) in [6.45, 7) is 3.38. The quantitative estimate of drug-likeness (QED) is 0.715. The van der Waals surface area contributed by atoms with E-state index in [2.05, 4.69) is 22.1 Å². The Morgan fingerprint density at radius 1 is 1.00 bits per heavy atom. The van der Waals surface area contributed by atoms with Crippen LogP contribution < -0.4 is 14.8 Å². The Balaban J connectivity index is 1.70. The molecule has 1 aliphatic heterocycles. The van der Waals surface area contributed by atoms with Crippen molar-refractivity contribution in [3.8, 4) is 11.5 Å². The van der Waals surface area contributed by atoms with Crippen LogP contribution in [0.3, 0.4) is 0 Å². The van der Waals surface area contributed by atoms with E-state index in [1.807, 2.05) is 60.4 Å². The van der Waals surface area contributed by atoms with Crippen LogP contribution in [0.15, 0.2) is 60.8 Å². The molecule has 2 heterocycles. The second-order valence-electron chi connectivity index (χ2n) is 7.14. The van der Waals surface area contributed by atoms with E-state index in [-0.39, 0.29) is 12.1 Å². The van der Waals surface area contributed by atoms with Crippen LogP contribution in [0.25, 0.3) is 0 Å². The predicted molar refractivity (Wildman–Crippen MR) is 113 cm³/mol. The molecule has 0 radical (unpaired) electrons. The van der Waals surface area contributed by atoms with E-state index in [4.69, 9.17) is 9.47 Å². The van der Waals surface area contributed by atoms with E-state index in [0.29, 0.717) is 18.0 Å². The van der Waals surface area contributed by atoms with Crippen LogP contribution in [0, 0.1) is 6.92 Å². The van der Waals surface area contributed by atoms with Crippen LogP contribution in [0.5, 0.6) is 11.5 Å². The van der Waals surface area contributed by atoms with Gasteiger partial charge in [0.1, 0.15) is 0 Å². The normalized spacial score (nSPS) is 15.6. The topological polar surface area (TPSA) is 55.7 Å². The Morgan fingerprint density at radius 2 is 1.83 bits per heavy atom. The number of benzene rings is 2. The minimum absolute atomic E-state index is 0.122. The number of amides is 2. The lowest BCUT2D eigenvalue weighted by atomic mass is 9.99. The van der Waals surface area contributed by atoms with E-state index < -0.39 is 0 Å². The molecule has 1 aliphatic rings. The third-order valence-corrected chi connectivity index (χ3v) is 5.29. The summed E-state index contributed by atoms with van der Waals surface area (Å²) in [6, 6.07) is 17.4. The van der Waals surface area contributed by atoms with Gasteiger partial charge in [-0.3, -0.25) is 0 Å². The molecule has 1 atom stereocenters. The fraction of sp³-hybridized carbons (Fsp3) is 0.261. The monoisotopic (exact) mass is 391 g/mol. The fourth-order valence-electron chi connectivity index (χ4n) is 3.89. The zero-order chi connectivity index (χ0) is 20.4. The highest BCUT2D eigenvalue weighted by atomic mass is 16.5. The minimum atomic E-state index is -0.219. The molecule has 0 saturated heterocycles. The molecule has 2 aromatic carbocycles. The molecule has 1 N–H and O–H groups in total. The molecule has 0 fully saturated rings. The number of urea groups is 1. The zero-order valence-electron chi connectivity index (χ0n) is 16.9. The van der Waals surface area contributed by atoms with Gasteiger partial charge in [-0.15, -0.1) is 0 Å². The van der Waals surface area contributed by atoms with Crippen LogP contribution in [-0.4, -0.2) is 36.3 Å². The molecule has 0 saturated carbocycles. The van der Waals surface area contributed by atoms with Crippen LogP contribution in [-0.2, 0) is 6.54 Å². The predicted octanol–water partition coefficient (Wildman–Crippen LogP) is 4.45. The van der Waals surface area contributed by atoms with Gasteiger partial charge < -0.3 is 24.3 Å². The molecule has 2 amide bonds. The Bertz CT molecular complexity index is 1030. The second-order valence-corrected chi connectivity index (χ2v) is 7.14. The van der Waals surface area contributed by atoms with Gasteiger partial charge in [-0.1, -0.05) is 18.2 Å². The number of aryl methyl sites for hydroxylation is 1. The lowest BCUT2D eigenvalue weighted by molar-refractivity contribution is 0.181. The number of anilines is 1. The second kappa shape index (κ2) is 7.91. The van der Waals surface area contributed by atoms with Crippen molar-refractivity contribution in [2.24, 2.45) is 0 Å². The van der Waals surface area contributed by atoms with Crippen LogP contribution >= 0.6 is 0 Å². The van der Waals surface area contributed by atoms with E-state index >= 15 is 0 Å². The molecule has 0 unspecified atom stereocenters. The third-order valence-electron chi connectivity index (χ3n) is 5.29. The van der Waals surface area contributed by atoms with Gasteiger partial charge in [0.05, 0.1) is 20.3 Å². The Labute approximate surface area is 170 Å². The van der Waals surface area contributed by atoms with E-state index in [9.17, 15) is 4.79 Å². The van der Waals surface area contributed by atoms with Gasteiger partial charge in [-0.2, -0.15) is 0 Å². The highest BCUT2D eigenvalue weighted by Gasteiger charge is 2.32. The number of ether oxygens (including phenoxy) is 2. The molecular formula is C23H25N3O3. The lowest BCUT2D eigenvalue weighted by Crippen LogP contribution is -2.44. The van der Waals surface area contributed by atoms with Gasteiger partial charge in [0.15, 0.2) is 11.5 Å². The number of nitrogens with zero attached hydrogens (tertiary/aromatic N) is 2. The number of aromatic nitrogens is 1. The molecule has 0 aliphatic carbocycles. The lowest BCUT2D eigenvalue weighted by Gasteiger charge is -2.37. The fourth-order valence-corrected chi connectivity index (χ4v) is 3.89. The molecule has 0 bridgehead atoms. The van der Waals surface area contributed by atoms with Crippen molar-refractivity contribution in [2.75, 3.05) is 26.1 Å². The molecule has 0 spiro atoms. The number of carbonyl (C=O) groups is 1. The number of hydrogen-bond donors (Lipinski definition) is 1. The van der Waals surface area contributed by atoms with E-state index in [1.165, 1.54) is 0 Å². The van der Waals surface area contributed by atoms with Gasteiger partial charge in [-0.25, -0.2) is 4.79 Å². The van der Waals surface area contributed by atoms with Gasteiger partial charge in [0, 0.05) is 30.7 Å². The standard InChI is InChI=1S/C23H25N3O3/c1-16-6-4-7-18(14-16)24-23(27)26-13-12-25-11-5-8-19(25)22(26)17-9-10-20(28-2)21(15-17)29-3/h4-11,14-15,22H,12-13H2,1-3H3,(H,24,27)/t22-/m0/s1. The van der Waals surface area contributed by atoms with E-state index in [1.54, 1.807) is 14.2 Å². The van der Waals surface area contributed by atoms with Crippen molar-refractivity contribution in [3.05, 3.63) is 77.6 Å². The molecule has 1 aromatic heterocycles. The van der Waals surface area contributed by atoms with Crippen molar-refractivity contribution in [3.63, 3.8) is 0 Å². The minimum Gasteiger partial charge on any atom is -0.493 e. The van der Waals surface area contributed by atoms with Crippen molar-refractivity contribution < 1.29 is 14.3 Å². The summed E-state index contributed by atoms with van der Waals surface area (Å²) in [6.07, 6.45) is 2.05. The summed E-state index contributed by atoms with van der Waals surface area (Å²) in [7, 11) is 3.23. The number of hydrogen-bond acceptors (Lipinski definition) is 3. The first-order chi connectivity index (χ1) is 14.1. The smallest absolute Gasteiger partial charge is 0.322 e. The van der Waals surface area contributed by atoms with E-state index in [0.717, 1.165) is 29.1 Å². The first kappa shape index (κ1) is 18.9. The first-order valence-electron chi connectivity index (χ1n) is 9.62. The molecule has 3 aromatic rings. The number of nitrogens with one attached hydrogen (secondary N) is 1. The summed E-state index contributed by atoms with van der Waals surface area (Å²) in [4.78, 5) is 15.1. The average Bonchev–Trinajstić information content (AvgIpc) is 3.21. The van der Waals surface area contributed by atoms with Gasteiger partial charge in [0.2, 0.25) is 0 Å². The van der Waals surface area contributed by atoms with Gasteiger partial charge >= 0.3 is 6.03 Å². The molecule has 6 nitrogen and oxygen atoms in total. The summed E-state index contributed by atoms with van der Waals surface area (Å²) in [5.41, 5.74) is 3.94. The van der Waals surface area contributed by atoms with Gasteiger partial charge in [0.25, 0.3) is 0 Å². The number of methoxy groups -OCH3 is 2. The maximum Gasteiger partial charge on any atom is 0.322 e. The highest BCUT2D eigenvalue weighted by molar-refractivity contribution is 5.90.